The zero-order valence-electron chi connectivity index (χ0n) is 12.0. The van der Waals surface area contributed by atoms with Crippen LogP contribution in [0.4, 0.5) is 0 Å². The van der Waals surface area contributed by atoms with E-state index in [-0.39, 0.29) is 12.1 Å². The highest BCUT2D eigenvalue weighted by Gasteiger charge is 2.22. The number of ether oxygens (including phenoxy) is 1. The fourth-order valence-electron chi connectivity index (χ4n) is 2.28. The second-order valence-corrected chi connectivity index (χ2v) is 4.84. The van der Waals surface area contributed by atoms with E-state index in [1.807, 2.05) is 18.8 Å². The van der Waals surface area contributed by atoms with Crippen LogP contribution in [0.3, 0.4) is 0 Å². The van der Waals surface area contributed by atoms with Crippen LogP contribution in [0, 0.1) is 0 Å². The first-order valence-corrected chi connectivity index (χ1v) is 6.87. The Bertz CT molecular complexity index is 375. The molecule has 2 unspecified atom stereocenters. The molecule has 1 aromatic rings. The Kier molecular flexibility index (Phi) is 6.12. The van der Waals surface area contributed by atoms with Gasteiger partial charge in [0.25, 0.3) is 0 Å². The number of nitrogens with zero attached hydrogens (tertiary/aromatic N) is 2. The van der Waals surface area contributed by atoms with Gasteiger partial charge in [0.1, 0.15) is 0 Å². The number of aryl methyl sites for hydroxylation is 2. The molecule has 0 saturated heterocycles. The molecule has 0 aliphatic heterocycles. The summed E-state index contributed by atoms with van der Waals surface area (Å²) in [5, 5.41) is 8.55. The minimum Gasteiger partial charge on any atom is -0.380 e. The lowest BCUT2D eigenvalue weighted by molar-refractivity contribution is 0.0672. The van der Waals surface area contributed by atoms with Crippen molar-refractivity contribution in [3.63, 3.8) is 0 Å². The van der Waals surface area contributed by atoms with Gasteiger partial charge in [-0.05, 0) is 19.9 Å². The highest BCUT2D eigenvalue weighted by atomic mass is 35.5. The zero-order valence-corrected chi connectivity index (χ0v) is 12.7. The average molecular weight is 274 g/mol. The number of hydrogen-bond donors (Lipinski definition) is 1. The topological polar surface area (TPSA) is 39.1 Å². The first-order chi connectivity index (χ1) is 8.58. The summed E-state index contributed by atoms with van der Waals surface area (Å²) in [4.78, 5) is 0. The van der Waals surface area contributed by atoms with Crippen molar-refractivity contribution in [1.29, 1.82) is 0 Å². The van der Waals surface area contributed by atoms with Crippen molar-refractivity contribution in [3.05, 3.63) is 16.4 Å². The van der Waals surface area contributed by atoms with E-state index in [2.05, 4.69) is 24.3 Å². The lowest BCUT2D eigenvalue weighted by Gasteiger charge is -2.24. The molecule has 0 aliphatic carbocycles. The van der Waals surface area contributed by atoms with E-state index < -0.39 is 0 Å². The third-order valence-electron chi connectivity index (χ3n) is 3.44. The largest absolute Gasteiger partial charge is 0.380 e. The molecule has 0 spiro atoms. The van der Waals surface area contributed by atoms with Gasteiger partial charge in [-0.25, -0.2) is 0 Å². The molecule has 1 N–H and O–H groups in total. The third kappa shape index (κ3) is 3.25. The van der Waals surface area contributed by atoms with E-state index in [0.29, 0.717) is 0 Å². The Labute approximate surface area is 115 Å². The van der Waals surface area contributed by atoms with E-state index in [1.54, 1.807) is 7.11 Å². The Morgan fingerprint density at radius 1 is 1.44 bits per heavy atom. The highest BCUT2D eigenvalue weighted by molar-refractivity contribution is 6.31. The maximum Gasteiger partial charge on any atom is 0.0850 e. The first-order valence-electron chi connectivity index (χ1n) is 6.49. The van der Waals surface area contributed by atoms with Crippen molar-refractivity contribution in [2.75, 3.05) is 14.2 Å². The van der Waals surface area contributed by atoms with E-state index in [0.717, 1.165) is 35.7 Å². The second-order valence-electron chi connectivity index (χ2n) is 4.47. The second kappa shape index (κ2) is 7.12. The quantitative estimate of drug-likeness (QED) is 0.828. The number of likely N-dealkylation sites (N-methyl/N-ethyl adjacent to an activating group) is 1. The molecule has 1 heterocycles. The van der Waals surface area contributed by atoms with Crippen LogP contribution in [0.15, 0.2) is 0 Å². The molecule has 0 bridgehead atoms. The molecule has 18 heavy (non-hydrogen) atoms. The Morgan fingerprint density at radius 3 is 2.50 bits per heavy atom. The molecule has 1 aromatic heterocycles. The van der Waals surface area contributed by atoms with Crippen LogP contribution in [0.25, 0.3) is 0 Å². The van der Waals surface area contributed by atoms with Gasteiger partial charge in [-0.2, -0.15) is 5.10 Å². The smallest absolute Gasteiger partial charge is 0.0850 e. The Morgan fingerprint density at radius 2 is 2.11 bits per heavy atom. The molecule has 0 fully saturated rings. The molecule has 0 saturated carbocycles. The molecule has 0 aliphatic rings. The van der Waals surface area contributed by atoms with Crippen molar-refractivity contribution in [3.8, 4) is 0 Å². The van der Waals surface area contributed by atoms with Crippen LogP contribution in [-0.4, -0.2) is 36.1 Å². The van der Waals surface area contributed by atoms with E-state index in [4.69, 9.17) is 16.3 Å². The Hall–Kier alpha value is -0.580. The Balaban J connectivity index is 2.91. The van der Waals surface area contributed by atoms with Crippen molar-refractivity contribution >= 4 is 11.6 Å². The summed E-state index contributed by atoms with van der Waals surface area (Å²) in [5.74, 6) is 0. The minimum atomic E-state index is 0.186. The summed E-state index contributed by atoms with van der Waals surface area (Å²) in [6.45, 7) is 4.19. The van der Waals surface area contributed by atoms with Crippen LogP contribution in [0.1, 0.15) is 31.7 Å². The van der Waals surface area contributed by atoms with Crippen molar-refractivity contribution < 1.29 is 4.74 Å². The van der Waals surface area contributed by atoms with Gasteiger partial charge >= 0.3 is 0 Å². The molecule has 0 amide bonds. The van der Waals surface area contributed by atoms with Gasteiger partial charge in [0.05, 0.1) is 22.5 Å². The molecular formula is C13H24ClN3O. The summed E-state index contributed by atoms with van der Waals surface area (Å²) in [5.41, 5.74) is 2.04. The number of halogens is 1. The fraction of sp³-hybridized carbons (Fsp3) is 0.769. The van der Waals surface area contributed by atoms with Gasteiger partial charge in [-0.3, -0.25) is 4.68 Å². The lowest BCUT2D eigenvalue weighted by atomic mass is 10.0. The third-order valence-corrected chi connectivity index (χ3v) is 3.88. The van der Waals surface area contributed by atoms with Crippen molar-refractivity contribution in [2.24, 2.45) is 7.05 Å². The van der Waals surface area contributed by atoms with Gasteiger partial charge in [0.15, 0.2) is 0 Å². The lowest BCUT2D eigenvalue weighted by Crippen LogP contribution is -2.40. The van der Waals surface area contributed by atoms with Gasteiger partial charge in [0, 0.05) is 26.6 Å². The van der Waals surface area contributed by atoms with E-state index in [9.17, 15) is 0 Å². The molecule has 4 nitrogen and oxygen atoms in total. The molecule has 5 heteroatoms. The number of methoxy groups -OCH3 is 1. The van der Waals surface area contributed by atoms with Crippen LogP contribution in [0.5, 0.6) is 0 Å². The summed E-state index contributed by atoms with van der Waals surface area (Å²) >= 11 is 6.37. The van der Waals surface area contributed by atoms with Crippen LogP contribution < -0.4 is 5.32 Å². The van der Waals surface area contributed by atoms with Crippen molar-refractivity contribution in [2.45, 2.75) is 45.3 Å². The molecular weight excluding hydrogens is 250 g/mol. The maximum absolute atomic E-state index is 6.37. The SMILES string of the molecule is CCc1nn(C)c(CC(NC)C(CC)OC)c1Cl. The highest BCUT2D eigenvalue weighted by Crippen LogP contribution is 2.23. The predicted octanol–water partition coefficient (Wildman–Crippen LogP) is 2.19. The molecule has 104 valence electrons. The monoisotopic (exact) mass is 273 g/mol. The van der Waals surface area contributed by atoms with Gasteiger partial charge in [-0.15, -0.1) is 0 Å². The van der Waals surface area contributed by atoms with Crippen LogP contribution >= 0.6 is 11.6 Å². The number of hydrogen-bond acceptors (Lipinski definition) is 3. The number of nitrogens with one attached hydrogen (secondary N) is 1. The molecule has 0 radical (unpaired) electrons. The number of aromatic nitrogens is 2. The summed E-state index contributed by atoms with van der Waals surface area (Å²) in [6, 6.07) is 0.248. The van der Waals surface area contributed by atoms with Gasteiger partial charge in [0.2, 0.25) is 0 Å². The average Bonchev–Trinajstić information content (AvgIpc) is 2.65. The molecule has 0 aromatic carbocycles. The maximum atomic E-state index is 6.37. The standard InChI is InChI=1S/C13H24ClN3O/c1-6-9-13(14)11(17(4)16-9)8-10(15-3)12(7-2)18-5/h10,12,15H,6-8H2,1-5H3. The van der Waals surface area contributed by atoms with Crippen molar-refractivity contribution in [1.82, 2.24) is 15.1 Å². The normalized spacial score (nSPS) is 14.8. The summed E-state index contributed by atoms with van der Waals surface area (Å²) in [7, 11) is 5.65. The fourth-order valence-corrected chi connectivity index (χ4v) is 2.66. The number of rotatable bonds is 7. The summed E-state index contributed by atoms with van der Waals surface area (Å²) in [6.07, 6.45) is 2.84. The molecule has 2 atom stereocenters. The van der Waals surface area contributed by atoms with Gasteiger partial charge < -0.3 is 10.1 Å². The zero-order chi connectivity index (χ0) is 13.7. The summed E-state index contributed by atoms with van der Waals surface area (Å²) < 4.78 is 7.39. The van der Waals surface area contributed by atoms with E-state index in [1.165, 1.54) is 0 Å². The van der Waals surface area contributed by atoms with Gasteiger partial charge in [-0.1, -0.05) is 25.4 Å². The predicted molar refractivity (Wildman–Crippen MR) is 75.2 cm³/mol. The first kappa shape index (κ1) is 15.5. The van der Waals surface area contributed by atoms with Crippen LogP contribution in [-0.2, 0) is 24.6 Å². The van der Waals surface area contributed by atoms with Crippen LogP contribution in [0.2, 0.25) is 5.02 Å². The van der Waals surface area contributed by atoms with E-state index >= 15 is 0 Å². The molecule has 1 rings (SSSR count). The minimum absolute atomic E-state index is 0.186.